The van der Waals surface area contributed by atoms with Gasteiger partial charge in [0.1, 0.15) is 0 Å². The molecular formula is C12H27N3O2S. The fraction of sp³-hybridized carbons (Fsp3) is 1.00. The largest absolute Gasteiger partial charge is 0.317 e. The second kappa shape index (κ2) is 6.84. The van der Waals surface area contributed by atoms with E-state index in [4.69, 9.17) is 0 Å². The van der Waals surface area contributed by atoms with Crippen LogP contribution in [0.25, 0.3) is 0 Å². The van der Waals surface area contributed by atoms with E-state index in [1.165, 1.54) is 0 Å². The summed E-state index contributed by atoms with van der Waals surface area (Å²) in [4.78, 5) is 2.12. The molecule has 0 aliphatic carbocycles. The Morgan fingerprint density at radius 1 is 1.33 bits per heavy atom. The molecule has 2 unspecified atom stereocenters. The van der Waals surface area contributed by atoms with Crippen molar-refractivity contribution < 1.29 is 8.42 Å². The number of nitrogens with one attached hydrogen (secondary N) is 1. The minimum absolute atomic E-state index is 0.257. The smallest absolute Gasteiger partial charge is 0.214 e. The molecular weight excluding hydrogens is 250 g/mol. The molecule has 0 aromatic carbocycles. The van der Waals surface area contributed by atoms with Crippen LogP contribution in [0, 0.1) is 5.92 Å². The van der Waals surface area contributed by atoms with Crippen molar-refractivity contribution in [1.82, 2.24) is 14.5 Å². The Balaban J connectivity index is 2.49. The van der Waals surface area contributed by atoms with Crippen LogP contribution in [0.4, 0.5) is 0 Å². The van der Waals surface area contributed by atoms with Crippen molar-refractivity contribution in [3.8, 4) is 0 Å². The molecule has 1 saturated heterocycles. The summed E-state index contributed by atoms with van der Waals surface area (Å²) in [7, 11) is 0.959. The van der Waals surface area contributed by atoms with Gasteiger partial charge in [-0.3, -0.25) is 0 Å². The first kappa shape index (κ1) is 15.9. The Labute approximate surface area is 112 Å². The Morgan fingerprint density at radius 3 is 2.50 bits per heavy atom. The van der Waals surface area contributed by atoms with Crippen LogP contribution in [0.15, 0.2) is 0 Å². The highest BCUT2D eigenvalue weighted by Gasteiger charge is 2.36. The van der Waals surface area contributed by atoms with Crippen LogP contribution in [-0.2, 0) is 10.0 Å². The first-order valence-electron chi connectivity index (χ1n) is 6.73. The molecule has 0 spiro atoms. The van der Waals surface area contributed by atoms with Gasteiger partial charge >= 0.3 is 0 Å². The van der Waals surface area contributed by atoms with Crippen molar-refractivity contribution in [2.75, 3.05) is 46.0 Å². The summed E-state index contributed by atoms with van der Waals surface area (Å²) in [6.07, 6.45) is 0.688. The minimum atomic E-state index is -3.07. The van der Waals surface area contributed by atoms with Gasteiger partial charge in [0, 0.05) is 19.1 Å². The second-order valence-electron chi connectivity index (χ2n) is 5.35. The lowest BCUT2D eigenvalue weighted by Gasteiger charge is -2.22. The van der Waals surface area contributed by atoms with E-state index in [9.17, 15) is 8.42 Å². The maximum absolute atomic E-state index is 12.2. The van der Waals surface area contributed by atoms with Crippen LogP contribution in [0.1, 0.15) is 20.3 Å². The Bertz CT molecular complexity index is 343. The average molecular weight is 277 g/mol. The van der Waals surface area contributed by atoms with E-state index in [1.807, 2.05) is 21.0 Å². The van der Waals surface area contributed by atoms with Gasteiger partial charge in [-0.05, 0) is 39.5 Å². The molecule has 0 aromatic rings. The van der Waals surface area contributed by atoms with Crippen LogP contribution in [0.2, 0.25) is 0 Å². The third kappa shape index (κ3) is 4.19. The molecule has 1 aliphatic rings. The molecule has 108 valence electrons. The zero-order valence-corrected chi connectivity index (χ0v) is 12.8. The molecule has 2 atom stereocenters. The van der Waals surface area contributed by atoms with Gasteiger partial charge in [-0.1, -0.05) is 13.8 Å². The first-order chi connectivity index (χ1) is 8.38. The van der Waals surface area contributed by atoms with Crippen molar-refractivity contribution in [3.63, 3.8) is 0 Å². The minimum Gasteiger partial charge on any atom is -0.317 e. The molecule has 0 bridgehead atoms. The summed E-state index contributed by atoms with van der Waals surface area (Å²) in [6, 6.07) is 0.341. The van der Waals surface area contributed by atoms with Gasteiger partial charge in [0.15, 0.2) is 0 Å². The molecule has 1 rings (SSSR count). The molecule has 1 heterocycles. The van der Waals surface area contributed by atoms with Gasteiger partial charge in [0.2, 0.25) is 10.0 Å². The van der Waals surface area contributed by atoms with Crippen LogP contribution in [-0.4, -0.2) is 69.7 Å². The third-order valence-corrected chi connectivity index (χ3v) is 5.49. The fourth-order valence-electron chi connectivity index (χ4n) is 2.49. The molecule has 0 saturated carbocycles. The molecule has 18 heavy (non-hydrogen) atoms. The normalized spacial score (nSPS) is 26.1. The summed E-state index contributed by atoms with van der Waals surface area (Å²) in [5, 5.41) is 3.16. The van der Waals surface area contributed by atoms with Gasteiger partial charge in [-0.25, -0.2) is 12.7 Å². The monoisotopic (exact) mass is 277 g/mol. The lowest BCUT2D eigenvalue weighted by Crippen LogP contribution is -2.36. The molecule has 0 amide bonds. The van der Waals surface area contributed by atoms with Crippen LogP contribution in [0.3, 0.4) is 0 Å². The molecule has 1 N–H and O–H groups in total. The molecule has 6 heteroatoms. The zero-order chi connectivity index (χ0) is 13.8. The predicted molar refractivity (Wildman–Crippen MR) is 75.2 cm³/mol. The van der Waals surface area contributed by atoms with Gasteiger partial charge in [0.25, 0.3) is 0 Å². The van der Waals surface area contributed by atoms with Crippen LogP contribution < -0.4 is 5.32 Å². The van der Waals surface area contributed by atoms with Gasteiger partial charge in [-0.2, -0.15) is 0 Å². The lowest BCUT2D eigenvalue weighted by atomic mass is 10.1. The van der Waals surface area contributed by atoms with Gasteiger partial charge in [-0.15, -0.1) is 0 Å². The third-order valence-electron chi connectivity index (χ3n) is 3.60. The number of hydrogen-bond donors (Lipinski definition) is 1. The predicted octanol–water partition coefficient (Wildman–Crippen LogP) is 0.198. The quantitative estimate of drug-likeness (QED) is 0.675. The lowest BCUT2D eigenvalue weighted by molar-refractivity contribution is 0.263. The fourth-order valence-corrected chi connectivity index (χ4v) is 4.10. The topological polar surface area (TPSA) is 52.7 Å². The van der Waals surface area contributed by atoms with Gasteiger partial charge < -0.3 is 10.2 Å². The highest BCUT2D eigenvalue weighted by molar-refractivity contribution is 7.89. The Hall–Kier alpha value is -0.170. The van der Waals surface area contributed by atoms with E-state index in [0.29, 0.717) is 31.5 Å². The summed E-state index contributed by atoms with van der Waals surface area (Å²) >= 11 is 0. The summed E-state index contributed by atoms with van der Waals surface area (Å²) < 4.78 is 26.0. The van der Waals surface area contributed by atoms with E-state index < -0.39 is 10.0 Å². The number of nitrogens with zero attached hydrogens (tertiary/aromatic N) is 2. The molecule has 1 aliphatic heterocycles. The van der Waals surface area contributed by atoms with Crippen LogP contribution >= 0.6 is 0 Å². The number of rotatable bonds is 7. The molecule has 5 nitrogen and oxygen atoms in total. The zero-order valence-electron chi connectivity index (χ0n) is 12.0. The van der Waals surface area contributed by atoms with E-state index in [0.717, 1.165) is 13.1 Å². The standard InChI is InChI=1S/C12H27N3O2S/c1-5-13-7-6-8-18(16,17)15-9-11(2)12(10-15)14(3)4/h11-13H,5-10H2,1-4H3. The Morgan fingerprint density at radius 2 is 2.00 bits per heavy atom. The highest BCUT2D eigenvalue weighted by Crippen LogP contribution is 2.22. The maximum Gasteiger partial charge on any atom is 0.214 e. The molecule has 1 fully saturated rings. The van der Waals surface area contributed by atoms with Crippen molar-refractivity contribution in [2.45, 2.75) is 26.3 Å². The maximum atomic E-state index is 12.2. The van der Waals surface area contributed by atoms with E-state index in [1.54, 1.807) is 4.31 Å². The van der Waals surface area contributed by atoms with E-state index in [-0.39, 0.29) is 5.75 Å². The number of hydrogen-bond acceptors (Lipinski definition) is 4. The number of sulfonamides is 1. The van der Waals surface area contributed by atoms with E-state index >= 15 is 0 Å². The van der Waals surface area contributed by atoms with Crippen molar-refractivity contribution in [1.29, 1.82) is 0 Å². The number of likely N-dealkylation sites (N-methyl/N-ethyl adjacent to an activating group) is 1. The van der Waals surface area contributed by atoms with Gasteiger partial charge in [0.05, 0.1) is 5.75 Å². The Kier molecular flexibility index (Phi) is 6.04. The summed E-state index contributed by atoms with van der Waals surface area (Å²) in [5.41, 5.74) is 0. The van der Waals surface area contributed by atoms with Crippen molar-refractivity contribution in [3.05, 3.63) is 0 Å². The SMILES string of the molecule is CCNCCCS(=O)(=O)N1CC(C)C(N(C)C)C1. The first-order valence-corrected chi connectivity index (χ1v) is 8.34. The van der Waals surface area contributed by atoms with Crippen LogP contribution in [0.5, 0.6) is 0 Å². The summed E-state index contributed by atoms with van der Waals surface area (Å²) in [5.74, 6) is 0.663. The second-order valence-corrected chi connectivity index (χ2v) is 7.44. The highest BCUT2D eigenvalue weighted by atomic mass is 32.2. The van der Waals surface area contributed by atoms with Crippen molar-refractivity contribution >= 4 is 10.0 Å². The summed E-state index contributed by atoms with van der Waals surface area (Å²) in [6.45, 7) is 7.11. The molecule has 0 radical (unpaired) electrons. The van der Waals surface area contributed by atoms with Crippen molar-refractivity contribution in [2.24, 2.45) is 5.92 Å². The van der Waals surface area contributed by atoms with E-state index in [2.05, 4.69) is 17.1 Å². The average Bonchev–Trinajstić information content (AvgIpc) is 2.68. The molecule has 0 aromatic heterocycles.